The summed E-state index contributed by atoms with van der Waals surface area (Å²) < 4.78 is 33.7. The smallest absolute Gasteiger partial charge is 0.236 e. The Hall–Kier alpha value is -2.54. The highest BCUT2D eigenvalue weighted by molar-refractivity contribution is 7.91. The maximum atomic E-state index is 12.8. The molecule has 28 heavy (non-hydrogen) atoms. The van der Waals surface area contributed by atoms with Gasteiger partial charge in [-0.1, -0.05) is 29.8 Å². The van der Waals surface area contributed by atoms with E-state index in [0.29, 0.717) is 23.7 Å². The molecule has 1 heterocycles. The second-order valence-corrected chi connectivity index (χ2v) is 9.48. The molecule has 6 nitrogen and oxygen atoms in total. The molecule has 0 spiro atoms. The molecule has 0 unspecified atom stereocenters. The highest BCUT2D eigenvalue weighted by Crippen LogP contribution is 2.38. The summed E-state index contributed by atoms with van der Waals surface area (Å²) in [5.74, 6) is 0.405. The fourth-order valence-electron chi connectivity index (χ4n) is 3.26. The molecule has 2 aromatic carbocycles. The average Bonchev–Trinajstić information content (AvgIpc) is 2.69. The monoisotopic (exact) mass is 402 g/mol. The number of benzene rings is 2. The number of fused-ring (bicyclic) bond motifs is 1. The Bertz CT molecular complexity index is 999. The zero-order chi connectivity index (χ0) is 20.5. The molecule has 1 aliphatic rings. The van der Waals surface area contributed by atoms with E-state index in [9.17, 15) is 13.2 Å². The van der Waals surface area contributed by atoms with E-state index in [4.69, 9.17) is 4.74 Å². The summed E-state index contributed by atoms with van der Waals surface area (Å²) in [6.45, 7) is 8.24. The molecule has 0 radical (unpaired) electrons. The predicted octanol–water partition coefficient (Wildman–Crippen LogP) is 3.71. The lowest BCUT2D eigenvalue weighted by Crippen LogP contribution is -2.42. The molecule has 0 fully saturated rings. The summed E-state index contributed by atoms with van der Waals surface area (Å²) in [5.41, 5.74) is 2.06. The summed E-state index contributed by atoms with van der Waals surface area (Å²) in [5, 5.41) is 0. The third-order valence-corrected chi connectivity index (χ3v) is 5.95. The van der Waals surface area contributed by atoms with Crippen molar-refractivity contribution in [2.24, 2.45) is 5.41 Å². The number of carbonyl (C=O) groups is 1. The van der Waals surface area contributed by atoms with Crippen molar-refractivity contribution in [1.29, 1.82) is 0 Å². The molecule has 0 aromatic heterocycles. The van der Waals surface area contributed by atoms with Gasteiger partial charge in [0.15, 0.2) is 0 Å². The molecule has 7 heteroatoms. The Morgan fingerprint density at radius 1 is 1.18 bits per heavy atom. The lowest BCUT2D eigenvalue weighted by molar-refractivity contribution is -0.127. The maximum absolute atomic E-state index is 12.8. The van der Waals surface area contributed by atoms with Gasteiger partial charge in [-0.25, -0.2) is 8.42 Å². The van der Waals surface area contributed by atoms with Crippen molar-refractivity contribution in [1.82, 2.24) is 0 Å². The van der Waals surface area contributed by atoms with Crippen molar-refractivity contribution in [2.75, 3.05) is 22.8 Å². The van der Waals surface area contributed by atoms with Gasteiger partial charge in [-0.05, 0) is 51.5 Å². The van der Waals surface area contributed by atoms with Gasteiger partial charge in [-0.15, -0.1) is 0 Å². The standard InChI is InChI=1S/C21H26N2O4S/c1-5-23-18-12-17(9-10-19(18)27-14-21(3,4)20(23)24)22-28(25,26)13-16-8-6-7-15(2)11-16/h6-12,22H,5,13-14H2,1-4H3. The van der Waals surface area contributed by atoms with Crippen molar-refractivity contribution in [3.63, 3.8) is 0 Å². The fourth-order valence-corrected chi connectivity index (χ4v) is 4.44. The second-order valence-electron chi connectivity index (χ2n) is 7.75. The number of carbonyl (C=O) groups excluding carboxylic acids is 1. The van der Waals surface area contributed by atoms with E-state index < -0.39 is 15.4 Å². The highest BCUT2D eigenvalue weighted by atomic mass is 32.2. The number of sulfonamides is 1. The lowest BCUT2D eigenvalue weighted by atomic mass is 9.93. The van der Waals surface area contributed by atoms with Crippen LogP contribution in [0, 0.1) is 12.3 Å². The van der Waals surface area contributed by atoms with E-state index in [-0.39, 0.29) is 18.3 Å². The Kier molecular flexibility index (Phi) is 5.39. The summed E-state index contributed by atoms with van der Waals surface area (Å²) in [4.78, 5) is 14.5. The molecular formula is C21H26N2O4S. The molecule has 0 atom stereocenters. The van der Waals surface area contributed by atoms with Crippen LogP contribution < -0.4 is 14.4 Å². The lowest BCUT2D eigenvalue weighted by Gasteiger charge is -2.27. The summed E-state index contributed by atoms with van der Waals surface area (Å²) in [6.07, 6.45) is 0. The largest absolute Gasteiger partial charge is 0.490 e. The number of nitrogens with zero attached hydrogens (tertiary/aromatic N) is 1. The van der Waals surface area contributed by atoms with Crippen LogP contribution in [-0.4, -0.2) is 27.5 Å². The van der Waals surface area contributed by atoms with Crippen LogP contribution in [0.3, 0.4) is 0 Å². The number of ether oxygens (including phenoxy) is 1. The Morgan fingerprint density at radius 3 is 2.61 bits per heavy atom. The van der Waals surface area contributed by atoms with Crippen LogP contribution in [0.5, 0.6) is 5.75 Å². The van der Waals surface area contributed by atoms with Crippen LogP contribution in [0.4, 0.5) is 11.4 Å². The zero-order valence-electron chi connectivity index (χ0n) is 16.7. The van der Waals surface area contributed by atoms with Crippen molar-refractivity contribution in [3.05, 3.63) is 53.6 Å². The summed E-state index contributed by atoms with van der Waals surface area (Å²) in [7, 11) is -3.59. The van der Waals surface area contributed by atoms with Crippen molar-refractivity contribution < 1.29 is 17.9 Å². The van der Waals surface area contributed by atoms with E-state index in [1.165, 1.54) is 0 Å². The van der Waals surface area contributed by atoms with Crippen LogP contribution in [-0.2, 0) is 20.6 Å². The third-order valence-electron chi connectivity index (χ3n) is 4.69. The van der Waals surface area contributed by atoms with Crippen molar-refractivity contribution in [2.45, 2.75) is 33.4 Å². The van der Waals surface area contributed by atoms with Crippen molar-refractivity contribution in [3.8, 4) is 5.75 Å². The second kappa shape index (κ2) is 7.47. The SMILES string of the molecule is CCN1C(=O)C(C)(C)COc2ccc(NS(=O)(=O)Cc3cccc(C)c3)cc21. The van der Waals surface area contributed by atoms with Crippen LogP contribution in [0.15, 0.2) is 42.5 Å². The van der Waals surface area contributed by atoms with Crippen LogP contribution in [0.1, 0.15) is 31.9 Å². The zero-order valence-corrected chi connectivity index (χ0v) is 17.5. The minimum Gasteiger partial charge on any atom is -0.490 e. The molecule has 3 rings (SSSR count). The molecule has 0 saturated carbocycles. The number of hydrogen-bond acceptors (Lipinski definition) is 4. The molecule has 0 bridgehead atoms. The number of aryl methyl sites for hydroxylation is 1. The van der Waals surface area contributed by atoms with E-state index in [0.717, 1.165) is 11.1 Å². The van der Waals surface area contributed by atoms with Gasteiger partial charge in [0.25, 0.3) is 0 Å². The molecule has 0 saturated heterocycles. The van der Waals surface area contributed by atoms with Gasteiger partial charge in [-0.2, -0.15) is 0 Å². The van der Waals surface area contributed by atoms with Gasteiger partial charge >= 0.3 is 0 Å². The minimum absolute atomic E-state index is 0.0477. The molecule has 1 amide bonds. The number of amides is 1. The van der Waals surface area contributed by atoms with Gasteiger partial charge in [0.1, 0.15) is 12.4 Å². The first-order chi connectivity index (χ1) is 13.1. The van der Waals surface area contributed by atoms with E-state index >= 15 is 0 Å². The molecule has 2 aromatic rings. The van der Waals surface area contributed by atoms with Gasteiger partial charge in [0, 0.05) is 6.54 Å². The van der Waals surface area contributed by atoms with E-state index in [1.54, 1.807) is 29.2 Å². The van der Waals surface area contributed by atoms with Crippen LogP contribution in [0.2, 0.25) is 0 Å². The number of hydrogen-bond donors (Lipinski definition) is 1. The average molecular weight is 403 g/mol. The quantitative estimate of drug-likeness (QED) is 0.827. The van der Waals surface area contributed by atoms with Gasteiger partial charge in [0.2, 0.25) is 15.9 Å². The molecule has 150 valence electrons. The Balaban J connectivity index is 1.88. The third kappa shape index (κ3) is 4.30. The molecule has 1 N–H and O–H groups in total. The van der Waals surface area contributed by atoms with Crippen LogP contribution in [0.25, 0.3) is 0 Å². The normalized spacial score (nSPS) is 16.1. The van der Waals surface area contributed by atoms with Gasteiger partial charge < -0.3 is 9.64 Å². The number of anilines is 2. The summed E-state index contributed by atoms with van der Waals surface area (Å²) >= 11 is 0. The van der Waals surface area contributed by atoms with Crippen LogP contribution >= 0.6 is 0 Å². The first kappa shape index (κ1) is 20.2. The summed E-state index contributed by atoms with van der Waals surface area (Å²) in [6, 6.07) is 12.4. The van der Waals surface area contributed by atoms with Crippen molar-refractivity contribution >= 4 is 27.3 Å². The Morgan fingerprint density at radius 2 is 1.93 bits per heavy atom. The minimum atomic E-state index is -3.59. The molecular weight excluding hydrogens is 376 g/mol. The van der Waals surface area contributed by atoms with E-state index in [2.05, 4.69) is 4.72 Å². The molecule has 0 aliphatic carbocycles. The highest BCUT2D eigenvalue weighted by Gasteiger charge is 2.37. The number of nitrogens with one attached hydrogen (secondary N) is 1. The first-order valence-electron chi connectivity index (χ1n) is 9.26. The molecule has 1 aliphatic heterocycles. The fraction of sp³-hybridized carbons (Fsp3) is 0.381. The Labute approximate surface area is 166 Å². The van der Waals surface area contributed by atoms with Gasteiger partial charge in [-0.3, -0.25) is 9.52 Å². The maximum Gasteiger partial charge on any atom is 0.236 e. The first-order valence-corrected chi connectivity index (χ1v) is 10.9. The predicted molar refractivity (Wildman–Crippen MR) is 111 cm³/mol. The number of rotatable bonds is 5. The topological polar surface area (TPSA) is 75.7 Å². The van der Waals surface area contributed by atoms with Gasteiger partial charge in [0.05, 0.1) is 22.5 Å². The van der Waals surface area contributed by atoms with E-state index in [1.807, 2.05) is 45.9 Å².